The van der Waals surface area contributed by atoms with Gasteiger partial charge < -0.3 is 14.7 Å². The maximum atomic E-state index is 11.8. The lowest BCUT2D eigenvalue weighted by Gasteiger charge is -2.04. The molecular weight excluding hydrogens is 252 g/mol. The Morgan fingerprint density at radius 2 is 2.10 bits per heavy atom. The molecule has 1 amide bonds. The summed E-state index contributed by atoms with van der Waals surface area (Å²) in [5.74, 6) is 0.174. The van der Waals surface area contributed by atoms with E-state index in [4.69, 9.17) is 4.42 Å². The van der Waals surface area contributed by atoms with Crippen LogP contribution in [0, 0.1) is 6.92 Å². The predicted octanol–water partition coefficient (Wildman–Crippen LogP) is 3.04. The molecule has 0 spiro atoms. The second-order valence-electron chi connectivity index (χ2n) is 4.76. The normalized spacial score (nSPS) is 10.8. The highest BCUT2D eigenvalue weighted by atomic mass is 16.3. The van der Waals surface area contributed by atoms with Gasteiger partial charge in [-0.1, -0.05) is 18.2 Å². The molecule has 0 saturated carbocycles. The number of aromatic nitrogens is 1. The van der Waals surface area contributed by atoms with Crippen LogP contribution in [0.2, 0.25) is 0 Å². The van der Waals surface area contributed by atoms with Gasteiger partial charge in [-0.3, -0.25) is 4.79 Å². The fourth-order valence-corrected chi connectivity index (χ4v) is 2.45. The number of H-pyrrole nitrogens is 1. The van der Waals surface area contributed by atoms with E-state index in [1.54, 1.807) is 12.1 Å². The highest BCUT2D eigenvalue weighted by Crippen LogP contribution is 2.21. The molecule has 0 aliphatic heterocycles. The highest BCUT2D eigenvalue weighted by molar-refractivity contribution is 5.91. The smallest absolute Gasteiger partial charge is 0.286 e. The van der Waals surface area contributed by atoms with E-state index in [0.29, 0.717) is 12.3 Å². The third-order valence-corrected chi connectivity index (χ3v) is 3.43. The predicted molar refractivity (Wildman–Crippen MR) is 77.8 cm³/mol. The summed E-state index contributed by atoms with van der Waals surface area (Å²) in [6.07, 6.45) is 2.29. The minimum Gasteiger partial charge on any atom is -0.459 e. The number of nitrogens with one attached hydrogen (secondary N) is 2. The number of hydrogen-bond donors (Lipinski definition) is 2. The first-order chi connectivity index (χ1) is 9.75. The van der Waals surface area contributed by atoms with Crippen molar-refractivity contribution in [2.24, 2.45) is 0 Å². The fraction of sp³-hybridized carbons (Fsp3) is 0.188. The van der Waals surface area contributed by atoms with E-state index in [-0.39, 0.29) is 5.91 Å². The Bertz CT molecular complexity index is 726. The molecule has 4 heteroatoms. The third-order valence-electron chi connectivity index (χ3n) is 3.43. The number of carbonyl (C=O) groups is 1. The van der Waals surface area contributed by atoms with Crippen LogP contribution in [0.1, 0.15) is 21.8 Å². The minimum atomic E-state index is -0.174. The number of hydrogen-bond acceptors (Lipinski definition) is 2. The zero-order valence-corrected chi connectivity index (χ0v) is 11.3. The Kier molecular flexibility index (Phi) is 3.29. The number of fused-ring (bicyclic) bond motifs is 1. The van der Waals surface area contributed by atoms with Gasteiger partial charge in [-0.15, -0.1) is 0 Å². The van der Waals surface area contributed by atoms with E-state index < -0.39 is 0 Å². The molecule has 0 unspecified atom stereocenters. The Labute approximate surface area is 116 Å². The zero-order chi connectivity index (χ0) is 13.9. The van der Waals surface area contributed by atoms with Crippen molar-refractivity contribution in [2.75, 3.05) is 6.54 Å². The van der Waals surface area contributed by atoms with Gasteiger partial charge in [0.15, 0.2) is 5.76 Å². The first kappa shape index (κ1) is 12.5. The van der Waals surface area contributed by atoms with Crippen LogP contribution in [-0.4, -0.2) is 17.4 Å². The fourth-order valence-electron chi connectivity index (χ4n) is 2.45. The average molecular weight is 268 g/mol. The van der Waals surface area contributed by atoms with E-state index in [1.165, 1.54) is 17.2 Å². The van der Waals surface area contributed by atoms with Crippen LogP contribution in [0.15, 0.2) is 47.1 Å². The molecule has 2 heterocycles. The first-order valence-corrected chi connectivity index (χ1v) is 6.63. The quantitative estimate of drug-likeness (QED) is 0.764. The van der Waals surface area contributed by atoms with Crippen LogP contribution in [0.4, 0.5) is 0 Å². The second kappa shape index (κ2) is 5.25. The van der Waals surface area contributed by atoms with E-state index >= 15 is 0 Å². The van der Waals surface area contributed by atoms with Crippen molar-refractivity contribution in [2.45, 2.75) is 13.3 Å². The van der Waals surface area contributed by atoms with Crippen LogP contribution >= 0.6 is 0 Å². The van der Waals surface area contributed by atoms with E-state index in [2.05, 4.69) is 29.4 Å². The Morgan fingerprint density at radius 3 is 2.90 bits per heavy atom. The summed E-state index contributed by atoms with van der Waals surface area (Å²) >= 11 is 0. The molecule has 0 atom stereocenters. The lowest BCUT2D eigenvalue weighted by Crippen LogP contribution is -2.25. The number of para-hydroxylation sites is 1. The maximum Gasteiger partial charge on any atom is 0.286 e. The molecular formula is C16H16N2O2. The van der Waals surface area contributed by atoms with Crippen molar-refractivity contribution < 1.29 is 9.21 Å². The molecule has 0 fully saturated rings. The summed E-state index contributed by atoms with van der Waals surface area (Å²) in [4.78, 5) is 15.1. The van der Waals surface area contributed by atoms with Crippen molar-refractivity contribution in [1.82, 2.24) is 10.3 Å². The maximum absolute atomic E-state index is 11.8. The van der Waals surface area contributed by atoms with Crippen LogP contribution in [-0.2, 0) is 6.42 Å². The average Bonchev–Trinajstić information content (AvgIpc) is 3.07. The number of benzene rings is 1. The van der Waals surface area contributed by atoms with Crippen molar-refractivity contribution in [3.05, 3.63) is 59.7 Å². The zero-order valence-electron chi connectivity index (χ0n) is 11.3. The molecule has 3 rings (SSSR count). The molecule has 4 nitrogen and oxygen atoms in total. The van der Waals surface area contributed by atoms with Crippen molar-refractivity contribution in [1.29, 1.82) is 0 Å². The lowest BCUT2D eigenvalue weighted by atomic mass is 10.1. The second-order valence-corrected chi connectivity index (χ2v) is 4.76. The van der Waals surface area contributed by atoms with Gasteiger partial charge >= 0.3 is 0 Å². The largest absolute Gasteiger partial charge is 0.459 e. The summed E-state index contributed by atoms with van der Waals surface area (Å²) in [5, 5.41) is 4.09. The van der Waals surface area contributed by atoms with Crippen molar-refractivity contribution in [3.63, 3.8) is 0 Å². The summed E-state index contributed by atoms with van der Waals surface area (Å²) < 4.78 is 5.06. The Morgan fingerprint density at radius 1 is 1.25 bits per heavy atom. The molecule has 0 aliphatic carbocycles. The molecule has 0 bridgehead atoms. The molecule has 102 valence electrons. The number of rotatable bonds is 4. The van der Waals surface area contributed by atoms with Gasteiger partial charge in [-0.05, 0) is 37.1 Å². The molecule has 1 aromatic carbocycles. The standard InChI is InChI=1S/C16H16N2O2/c1-11-12(13-5-2-3-6-14(13)18-11)8-9-17-16(19)15-7-4-10-20-15/h2-7,10,18H,8-9H2,1H3,(H,17,19). The van der Waals surface area contributed by atoms with Gasteiger partial charge in [0.2, 0.25) is 0 Å². The molecule has 0 saturated heterocycles. The van der Waals surface area contributed by atoms with E-state index in [0.717, 1.165) is 17.6 Å². The lowest BCUT2D eigenvalue weighted by molar-refractivity contribution is 0.0926. The Hall–Kier alpha value is -2.49. The van der Waals surface area contributed by atoms with Crippen LogP contribution in [0.3, 0.4) is 0 Å². The van der Waals surface area contributed by atoms with Gasteiger partial charge in [-0.2, -0.15) is 0 Å². The monoisotopic (exact) mass is 268 g/mol. The van der Waals surface area contributed by atoms with Crippen molar-refractivity contribution in [3.8, 4) is 0 Å². The Balaban J connectivity index is 1.68. The molecule has 2 aromatic heterocycles. The van der Waals surface area contributed by atoms with E-state index in [1.807, 2.05) is 12.1 Å². The molecule has 0 radical (unpaired) electrons. The van der Waals surface area contributed by atoms with Crippen LogP contribution < -0.4 is 5.32 Å². The number of aryl methyl sites for hydroxylation is 1. The number of amides is 1. The van der Waals surface area contributed by atoms with Crippen molar-refractivity contribution >= 4 is 16.8 Å². The topological polar surface area (TPSA) is 58.0 Å². The SMILES string of the molecule is Cc1[nH]c2ccccc2c1CCNC(=O)c1ccco1. The molecule has 2 N–H and O–H groups in total. The summed E-state index contributed by atoms with van der Waals surface area (Å²) in [6.45, 7) is 2.64. The summed E-state index contributed by atoms with van der Waals surface area (Å²) in [6, 6.07) is 11.6. The number of carbonyl (C=O) groups excluding carboxylic acids is 1. The minimum absolute atomic E-state index is 0.174. The number of furan rings is 1. The molecule has 3 aromatic rings. The third kappa shape index (κ3) is 2.32. The van der Waals surface area contributed by atoms with E-state index in [9.17, 15) is 4.79 Å². The van der Waals surface area contributed by atoms with Gasteiger partial charge in [0.1, 0.15) is 0 Å². The number of aromatic amines is 1. The summed E-state index contributed by atoms with van der Waals surface area (Å²) in [7, 11) is 0. The van der Waals surface area contributed by atoms with Crippen LogP contribution in [0.25, 0.3) is 10.9 Å². The van der Waals surface area contributed by atoms with Gasteiger partial charge in [0.25, 0.3) is 5.91 Å². The first-order valence-electron chi connectivity index (χ1n) is 6.63. The van der Waals surface area contributed by atoms with Crippen LogP contribution in [0.5, 0.6) is 0 Å². The highest BCUT2D eigenvalue weighted by Gasteiger charge is 2.10. The molecule has 0 aliphatic rings. The van der Waals surface area contributed by atoms with Gasteiger partial charge in [0, 0.05) is 23.1 Å². The van der Waals surface area contributed by atoms with Gasteiger partial charge in [0.05, 0.1) is 6.26 Å². The summed E-state index contributed by atoms with van der Waals surface area (Å²) in [5.41, 5.74) is 3.54. The molecule has 20 heavy (non-hydrogen) atoms. The van der Waals surface area contributed by atoms with Gasteiger partial charge in [-0.25, -0.2) is 0 Å².